The van der Waals surface area contributed by atoms with Gasteiger partial charge in [0, 0.05) is 13.1 Å². The van der Waals surface area contributed by atoms with Gasteiger partial charge in [0.2, 0.25) is 0 Å². The highest BCUT2D eigenvalue weighted by Crippen LogP contribution is 2.29. The van der Waals surface area contributed by atoms with Crippen LogP contribution < -0.4 is 11.2 Å². The third-order valence-corrected chi connectivity index (χ3v) is 5.13. The van der Waals surface area contributed by atoms with Crippen molar-refractivity contribution in [3.05, 3.63) is 31.3 Å². The summed E-state index contributed by atoms with van der Waals surface area (Å²) in [7, 11) is 0. The molecular formula is C14H16F3N3O3S. The first kappa shape index (κ1) is 18.2. The molecule has 0 spiro atoms. The van der Waals surface area contributed by atoms with Crippen LogP contribution in [0.25, 0.3) is 10.2 Å². The first-order valence-corrected chi connectivity index (χ1v) is 7.96. The summed E-state index contributed by atoms with van der Waals surface area (Å²) in [4.78, 5) is 25.5. The second-order valence-electron chi connectivity index (χ2n) is 5.27. The molecule has 0 aromatic carbocycles. The molecule has 2 aromatic heterocycles. The van der Waals surface area contributed by atoms with Gasteiger partial charge in [0.25, 0.3) is 5.56 Å². The monoisotopic (exact) mass is 363 g/mol. The molecule has 0 radical (unpaired) electrons. The molecule has 0 saturated carbocycles. The highest BCUT2D eigenvalue weighted by atomic mass is 32.1. The van der Waals surface area contributed by atoms with Gasteiger partial charge in [-0.15, -0.1) is 11.3 Å². The van der Waals surface area contributed by atoms with Gasteiger partial charge < -0.3 is 5.21 Å². The Labute approximate surface area is 138 Å². The minimum Gasteiger partial charge on any atom is -0.411 e. The lowest BCUT2D eigenvalue weighted by Gasteiger charge is -2.12. The van der Waals surface area contributed by atoms with E-state index in [1.807, 2.05) is 0 Å². The van der Waals surface area contributed by atoms with E-state index < -0.39 is 30.4 Å². The van der Waals surface area contributed by atoms with Crippen molar-refractivity contribution < 1.29 is 18.4 Å². The highest BCUT2D eigenvalue weighted by molar-refractivity contribution is 7.20. The molecule has 0 aliphatic carbocycles. The Kier molecular flexibility index (Phi) is 4.88. The number of halogens is 3. The first-order chi connectivity index (χ1) is 11.1. The Hall–Kier alpha value is -2.10. The number of aryl methyl sites for hydroxylation is 2. The molecule has 6 nitrogen and oxygen atoms in total. The van der Waals surface area contributed by atoms with Crippen molar-refractivity contribution in [2.24, 2.45) is 5.16 Å². The van der Waals surface area contributed by atoms with Gasteiger partial charge in [0.15, 0.2) is 0 Å². The topological polar surface area (TPSA) is 76.6 Å². The number of thiophene rings is 1. The van der Waals surface area contributed by atoms with Gasteiger partial charge in [-0.25, -0.2) is 4.79 Å². The summed E-state index contributed by atoms with van der Waals surface area (Å²) >= 11 is 0.973. The van der Waals surface area contributed by atoms with Crippen molar-refractivity contribution >= 4 is 27.3 Å². The van der Waals surface area contributed by atoms with Crippen LogP contribution in [-0.2, 0) is 13.1 Å². The zero-order valence-corrected chi connectivity index (χ0v) is 14.1. The van der Waals surface area contributed by atoms with E-state index in [1.54, 1.807) is 13.8 Å². The van der Waals surface area contributed by atoms with Crippen LogP contribution in [-0.4, -0.2) is 26.2 Å². The lowest BCUT2D eigenvalue weighted by Crippen LogP contribution is -2.39. The normalized spacial score (nSPS) is 13.0. The quantitative estimate of drug-likeness (QED) is 0.515. The molecule has 2 rings (SSSR count). The predicted octanol–water partition coefficient (Wildman–Crippen LogP) is 2.70. The van der Waals surface area contributed by atoms with E-state index in [0.29, 0.717) is 10.4 Å². The van der Waals surface area contributed by atoms with Gasteiger partial charge in [0.05, 0.1) is 22.4 Å². The molecule has 0 amide bonds. The zero-order chi connectivity index (χ0) is 18.2. The van der Waals surface area contributed by atoms with Crippen molar-refractivity contribution in [3.8, 4) is 0 Å². The minimum atomic E-state index is -4.42. The average molecular weight is 363 g/mol. The number of hydrogen-bond donors (Lipinski definition) is 1. The van der Waals surface area contributed by atoms with Gasteiger partial charge in [-0.2, -0.15) is 13.2 Å². The third kappa shape index (κ3) is 3.10. The SMILES string of the molecule is CCn1c(=O)c2c(C)c(/C(C)=N/O)sc2n(CCC(F)(F)F)c1=O. The smallest absolute Gasteiger partial charge is 0.390 e. The van der Waals surface area contributed by atoms with Crippen LogP contribution in [0.1, 0.15) is 30.7 Å². The number of aromatic nitrogens is 2. The van der Waals surface area contributed by atoms with E-state index in [2.05, 4.69) is 5.16 Å². The molecule has 0 atom stereocenters. The van der Waals surface area contributed by atoms with E-state index in [4.69, 9.17) is 5.21 Å². The van der Waals surface area contributed by atoms with Crippen LogP contribution in [0.5, 0.6) is 0 Å². The highest BCUT2D eigenvalue weighted by Gasteiger charge is 2.28. The molecule has 1 N–H and O–H groups in total. The van der Waals surface area contributed by atoms with Crippen molar-refractivity contribution in [3.63, 3.8) is 0 Å². The van der Waals surface area contributed by atoms with E-state index in [-0.39, 0.29) is 22.5 Å². The summed E-state index contributed by atoms with van der Waals surface area (Å²) in [5, 5.41) is 12.2. The van der Waals surface area contributed by atoms with Crippen LogP contribution in [0.4, 0.5) is 13.2 Å². The lowest BCUT2D eigenvalue weighted by molar-refractivity contribution is -0.136. The zero-order valence-electron chi connectivity index (χ0n) is 13.3. The second kappa shape index (κ2) is 6.42. The number of nitrogens with zero attached hydrogens (tertiary/aromatic N) is 3. The first-order valence-electron chi connectivity index (χ1n) is 7.14. The molecule has 0 saturated heterocycles. The molecule has 0 fully saturated rings. The summed E-state index contributed by atoms with van der Waals surface area (Å²) in [5.41, 5.74) is -0.610. The minimum absolute atomic E-state index is 0.0529. The van der Waals surface area contributed by atoms with Gasteiger partial charge in [-0.3, -0.25) is 13.9 Å². The summed E-state index contributed by atoms with van der Waals surface area (Å²) in [6.07, 6.45) is -5.60. The molecule has 132 valence electrons. The van der Waals surface area contributed by atoms with Crippen molar-refractivity contribution in [1.82, 2.24) is 9.13 Å². The van der Waals surface area contributed by atoms with Gasteiger partial charge in [-0.05, 0) is 26.3 Å². The van der Waals surface area contributed by atoms with Gasteiger partial charge in [0.1, 0.15) is 4.83 Å². The Balaban J connectivity index is 2.85. The summed E-state index contributed by atoms with van der Waals surface area (Å²) in [5.74, 6) is 0. The van der Waals surface area contributed by atoms with Gasteiger partial charge >= 0.3 is 11.9 Å². The van der Waals surface area contributed by atoms with Crippen LogP contribution >= 0.6 is 11.3 Å². The van der Waals surface area contributed by atoms with Crippen LogP contribution in [0, 0.1) is 6.92 Å². The molecule has 0 aliphatic heterocycles. The molecular weight excluding hydrogens is 347 g/mol. The van der Waals surface area contributed by atoms with Crippen molar-refractivity contribution in [2.75, 3.05) is 0 Å². The van der Waals surface area contributed by atoms with Crippen LogP contribution in [0.3, 0.4) is 0 Å². The maximum atomic E-state index is 12.6. The van der Waals surface area contributed by atoms with Crippen LogP contribution in [0.2, 0.25) is 0 Å². The number of fused-ring (bicyclic) bond motifs is 1. The second-order valence-corrected chi connectivity index (χ2v) is 6.27. The number of oxime groups is 1. The largest absolute Gasteiger partial charge is 0.411 e. The molecule has 0 bridgehead atoms. The summed E-state index contributed by atoms with van der Waals surface area (Å²) in [6, 6.07) is 0. The fraction of sp³-hybridized carbons (Fsp3) is 0.500. The molecule has 2 heterocycles. The fourth-order valence-electron chi connectivity index (χ4n) is 2.50. The number of alkyl halides is 3. The Morgan fingerprint density at radius 2 is 1.92 bits per heavy atom. The Morgan fingerprint density at radius 3 is 2.42 bits per heavy atom. The average Bonchev–Trinajstić information content (AvgIpc) is 2.83. The maximum absolute atomic E-state index is 12.6. The van der Waals surface area contributed by atoms with E-state index >= 15 is 0 Å². The molecule has 2 aromatic rings. The Morgan fingerprint density at radius 1 is 1.29 bits per heavy atom. The standard InChI is InChI=1S/C14H16F3N3O3S/c1-4-19-11(21)9-7(2)10(8(3)18-23)24-12(9)20(13(19)22)6-5-14(15,16)17/h23H,4-6H2,1-3H3/b18-8+. The van der Waals surface area contributed by atoms with Crippen LogP contribution in [0.15, 0.2) is 14.7 Å². The lowest BCUT2D eigenvalue weighted by atomic mass is 10.1. The van der Waals surface area contributed by atoms with E-state index in [1.165, 1.54) is 6.92 Å². The summed E-state index contributed by atoms with van der Waals surface area (Å²) in [6.45, 7) is 4.17. The molecule has 0 unspecified atom stereocenters. The third-order valence-electron chi connectivity index (χ3n) is 3.71. The van der Waals surface area contributed by atoms with Crippen molar-refractivity contribution in [2.45, 2.75) is 46.5 Å². The molecule has 0 aliphatic rings. The fourth-order valence-corrected chi connectivity index (χ4v) is 3.76. The van der Waals surface area contributed by atoms with Gasteiger partial charge in [-0.1, -0.05) is 5.16 Å². The van der Waals surface area contributed by atoms with E-state index in [9.17, 15) is 22.8 Å². The van der Waals surface area contributed by atoms with Crippen molar-refractivity contribution in [1.29, 1.82) is 0 Å². The maximum Gasteiger partial charge on any atom is 0.390 e. The van der Waals surface area contributed by atoms with E-state index in [0.717, 1.165) is 20.5 Å². The predicted molar refractivity (Wildman–Crippen MR) is 85.4 cm³/mol. The summed E-state index contributed by atoms with van der Waals surface area (Å²) < 4.78 is 39.6. The molecule has 10 heteroatoms. The number of rotatable bonds is 4. The molecule has 24 heavy (non-hydrogen) atoms. The Bertz CT molecular complexity index is 922. The number of hydrogen-bond acceptors (Lipinski definition) is 5.